The van der Waals surface area contributed by atoms with Gasteiger partial charge in [-0.25, -0.2) is 0 Å². The molecule has 66 valence electrons. The maximum atomic E-state index is 2.45. The van der Waals surface area contributed by atoms with Gasteiger partial charge in [0.25, 0.3) is 0 Å². The van der Waals surface area contributed by atoms with E-state index < -0.39 is 0 Å². The quantitative estimate of drug-likeness (QED) is 0.549. The van der Waals surface area contributed by atoms with Crippen LogP contribution in [0.3, 0.4) is 0 Å². The first kappa shape index (κ1) is 8.10. The second-order valence-electron chi connectivity index (χ2n) is 3.98. The topological polar surface area (TPSA) is 0 Å². The fraction of sp³-hybridized carbons (Fsp3) is 0.667. The molecule has 0 aromatic heterocycles. The van der Waals surface area contributed by atoms with Crippen LogP contribution in [0.4, 0.5) is 0 Å². The van der Waals surface area contributed by atoms with E-state index in [-0.39, 0.29) is 0 Å². The molecule has 1 saturated carbocycles. The monoisotopic (exact) mass is 162 g/mol. The molecule has 0 heteroatoms. The van der Waals surface area contributed by atoms with Gasteiger partial charge in [0, 0.05) is 0 Å². The Hall–Kier alpha value is -0.520. The number of rotatable bonds is 1. The molecule has 0 aromatic carbocycles. The van der Waals surface area contributed by atoms with Gasteiger partial charge in [-0.05, 0) is 49.2 Å². The first-order chi connectivity index (χ1) is 5.92. The molecule has 2 aliphatic carbocycles. The molecule has 2 rings (SSSR count). The van der Waals surface area contributed by atoms with Crippen molar-refractivity contribution in [3.8, 4) is 0 Å². The Kier molecular flexibility index (Phi) is 2.34. The first-order valence-corrected chi connectivity index (χ1v) is 5.31. The largest absolute Gasteiger partial charge is 0.0772 e. The molecule has 2 aliphatic rings. The van der Waals surface area contributed by atoms with Crippen LogP contribution >= 0.6 is 0 Å². The van der Waals surface area contributed by atoms with E-state index in [1.165, 1.54) is 38.5 Å². The molecule has 1 fully saturated rings. The van der Waals surface area contributed by atoms with Crippen molar-refractivity contribution in [1.82, 2.24) is 0 Å². The molecule has 12 heavy (non-hydrogen) atoms. The Balaban J connectivity index is 2.19. The SMILES string of the molecule is CCC1CCCCC2=CCC=C21. The molecule has 0 aliphatic heterocycles. The summed E-state index contributed by atoms with van der Waals surface area (Å²) >= 11 is 0. The first-order valence-electron chi connectivity index (χ1n) is 5.31. The number of hydrogen-bond donors (Lipinski definition) is 0. The normalized spacial score (nSPS) is 28.9. The van der Waals surface area contributed by atoms with Crippen LogP contribution in [-0.2, 0) is 0 Å². The summed E-state index contributed by atoms with van der Waals surface area (Å²) in [5, 5.41) is 0. The fourth-order valence-corrected chi connectivity index (χ4v) is 2.54. The van der Waals surface area contributed by atoms with Crippen molar-refractivity contribution in [2.24, 2.45) is 5.92 Å². The highest BCUT2D eigenvalue weighted by molar-refractivity contribution is 5.39. The molecule has 0 bridgehead atoms. The molecular formula is C12H18. The van der Waals surface area contributed by atoms with Gasteiger partial charge in [0.1, 0.15) is 0 Å². The van der Waals surface area contributed by atoms with Crippen LogP contribution in [-0.4, -0.2) is 0 Å². The summed E-state index contributed by atoms with van der Waals surface area (Å²) in [6.07, 6.45) is 13.1. The van der Waals surface area contributed by atoms with E-state index in [2.05, 4.69) is 19.1 Å². The zero-order valence-electron chi connectivity index (χ0n) is 7.97. The Morgan fingerprint density at radius 2 is 2.25 bits per heavy atom. The zero-order chi connectivity index (χ0) is 8.39. The number of fused-ring (bicyclic) bond motifs is 1. The molecule has 0 aromatic rings. The molecule has 0 spiro atoms. The van der Waals surface area contributed by atoms with E-state index in [9.17, 15) is 0 Å². The van der Waals surface area contributed by atoms with Crippen molar-refractivity contribution in [1.29, 1.82) is 0 Å². The lowest BCUT2D eigenvalue weighted by Gasteiger charge is -2.14. The standard InChI is InChI=1S/C12H18/c1-2-10-6-3-4-7-11-8-5-9-12(10)11/h8-10H,2-7H2,1H3. The highest BCUT2D eigenvalue weighted by atomic mass is 14.3. The van der Waals surface area contributed by atoms with Crippen LogP contribution in [0.25, 0.3) is 0 Å². The summed E-state index contributed by atoms with van der Waals surface area (Å²) in [5.41, 5.74) is 3.38. The highest BCUT2D eigenvalue weighted by Crippen LogP contribution is 2.37. The lowest BCUT2D eigenvalue weighted by molar-refractivity contribution is 0.537. The molecule has 1 atom stereocenters. The van der Waals surface area contributed by atoms with Crippen LogP contribution in [0.2, 0.25) is 0 Å². The fourth-order valence-electron chi connectivity index (χ4n) is 2.54. The van der Waals surface area contributed by atoms with Gasteiger partial charge in [-0.3, -0.25) is 0 Å². The van der Waals surface area contributed by atoms with Gasteiger partial charge < -0.3 is 0 Å². The molecule has 0 heterocycles. The van der Waals surface area contributed by atoms with Gasteiger partial charge in [-0.15, -0.1) is 0 Å². The average molecular weight is 162 g/mol. The minimum atomic E-state index is 0.890. The van der Waals surface area contributed by atoms with Crippen molar-refractivity contribution < 1.29 is 0 Å². The van der Waals surface area contributed by atoms with E-state index in [1.54, 1.807) is 11.1 Å². The molecule has 1 unspecified atom stereocenters. The molecule has 0 N–H and O–H groups in total. The number of hydrogen-bond acceptors (Lipinski definition) is 0. The predicted molar refractivity (Wildman–Crippen MR) is 53.0 cm³/mol. The second-order valence-corrected chi connectivity index (χ2v) is 3.98. The van der Waals surface area contributed by atoms with Gasteiger partial charge in [0.2, 0.25) is 0 Å². The molecule has 0 nitrogen and oxygen atoms in total. The Bertz CT molecular complexity index is 220. The molecule has 0 saturated heterocycles. The van der Waals surface area contributed by atoms with Crippen LogP contribution in [0.15, 0.2) is 23.3 Å². The van der Waals surface area contributed by atoms with Crippen LogP contribution in [0, 0.1) is 5.92 Å². The predicted octanol–water partition coefficient (Wildman–Crippen LogP) is 3.84. The van der Waals surface area contributed by atoms with Gasteiger partial charge in [-0.2, -0.15) is 0 Å². The minimum Gasteiger partial charge on any atom is -0.0772 e. The minimum absolute atomic E-state index is 0.890. The Labute approximate surface area is 75.4 Å². The summed E-state index contributed by atoms with van der Waals surface area (Å²) in [5.74, 6) is 0.890. The second kappa shape index (κ2) is 3.47. The average Bonchev–Trinajstić information content (AvgIpc) is 2.46. The van der Waals surface area contributed by atoms with Gasteiger partial charge in [-0.1, -0.05) is 25.5 Å². The van der Waals surface area contributed by atoms with Gasteiger partial charge in [0.05, 0.1) is 0 Å². The third-order valence-corrected chi connectivity index (χ3v) is 3.25. The van der Waals surface area contributed by atoms with Crippen LogP contribution in [0.5, 0.6) is 0 Å². The van der Waals surface area contributed by atoms with Crippen molar-refractivity contribution >= 4 is 0 Å². The van der Waals surface area contributed by atoms with E-state index in [1.807, 2.05) is 0 Å². The maximum Gasteiger partial charge on any atom is -0.0157 e. The summed E-state index contributed by atoms with van der Waals surface area (Å²) in [6.45, 7) is 2.33. The third-order valence-electron chi connectivity index (χ3n) is 3.25. The third kappa shape index (κ3) is 1.35. The van der Waals surface area contributed by atoms with Crippen molar-refractivity contribution in [2.75, 3.05) is 0 Å². The van der Waals surface area contributed by atoms with E-state index >= 15 is 0 Å². The smallest absolute Gasteiger partial charge is 0.0157 e. The maximum absolute atomic E-state index is 2.45. The molecule has 0 amide bonds. The lowest BCUT2D eigenvalue weighted by atomic mass is 9.91. The van der Waals surface area contributed by atoms with Crippen LogP contribution in [0.1, 0.15) is 45.4 Å². The summed E-state index contributed by atoms with van der Waals surface area (Å²) in [7, 11) is 0. The molecule has 0 radical (unpaired) electrons. The van der Waals surface area contributed by atoms with E-state index in [0.717, 1.165) is 5.92 Å². The summed E-state index contributed by atoms with van der Waals surface area (Å²) < 4.78 is 0. The summed E-state index contributed by atoms with van der Waals surface area (Å²) in [4.78, 5) is 0. The van der Waals surface area contributed by atoms with Gasteiger partial charge in [0.15, 0.2) is 0 Å². The number of allylic oxidation sites excluding steroid dienone is 4. The van der Waals surface area contributed by atoms with E-state index in [4.69, 9.17) is 0 Å². The lowest BCUT2D eigenvalue weighted by Crippen LogP contribution is -2.00. The zero-order valence-corrected chi connectivity index (χ0v) is 7.97. The van der Waals surface area contributed by atoms with Crippen LogP contribution < -0.4 is 0 Å². The van der Waals surface area contributed by atoms with Crippen molar-refractivity contribution in [2.45, 2.75) is 45.4 Å². The highest BCUT2D eigenvalue weighted by Gasteiger charge is 2.20. The van der Waals surface area contributed by atoms with Crippen molar-refractivity contribution in [3.63, 3.8) is 0 Å². The molecular weight excluding hydrogens is 144 g/mol. The van der Waals surface area contributed by atoms with Gasteiger partial charge >= 0.3 is 0 Å². The van der Waals surface area contributed by atoms with Crippen molar-refractivity contribution in [3.05, 3.63) is 23.3 Å². The Morgan fingerprint density at radius 3 is 3.08 bits per heavy atom. The van der Waals surface area contributed by atoms with E-state index in [0.29, 0.717) is 0 Å². The Morgan fingerprint density at radius 1 is 1.33 bits per heavy atom. The summed E-state index contributed by atoms with van der Waals surface area (Å²) in [6, 6.07) is 0.